The average Bonchev–Trinajstić information content (AvgIpc) is 2.39. The highest BCUT2D eigenvalue weighted by atomic mass is 32.2. The van der Waals surface area contributed by atoms with Crippen LogP contribution in [0.5, 0.6) is 0 Å². The quantitative estimate of drug-likeness (QED) is 0.626. The summed E-state index contributed by atoms with van der Waals surface area (Å²) in [4.78, 5) is 4.01. The average molecular weight is 270 g/mol. The molecule has 0 atom stereocenters. The smallest absolute Gasteiger partial charge is 0.246 e. The maximum Gasteiger partial charge on any atom is 0.246 e. The van der Waals surface area contributed by atoms with Gasteiger partial charge in [-0.2, -0.15) is 4.31 Å². The van der Waals surface area contributed by atoms with Gasteiger partial charge in [0.05, 0.1) is 5.69 Å². The summed E-state index contributed by atoms with van der Waals surface area (Å²) in [5.41, 5.74) is 2.78. The number of rotatable bonds is 3. The summed E-state index contributed by atoms with van der Waals surface area (Å²) in [5.74, 6) is 5.92. The van der Waals surface area contributed by atoms with Gasteiger partial charge < -0.3 is 5.43 Å². The zero-order valence-electron chi connectivity index (χ0n) is 10.3. The van der Waals surface area contributed by atoms with Gasteiger partial charge in [-0.1, -0.05) is 6.92 Å². The SMILES string of the molecule is CC1CCN(S(=O)(=O)c2cnccc2NN)CC1. The molecule has 1 fully saturated rings. The van der Waals surface area contributed by atoms with Crippen LogP contribution in [0.1, 0.15) is 19.8 Å². The van der Waals surface area contributed by atoms with Crippen LogP contribution in [-0.2, 0) is 10.0 Å². The molecule has 3 N–H and O–H groups in total. The van der Waals surface area contributed by atoms with Crippen LogP contribution in [0.15, 0.2) is 23.4 Å². The first kappa shape index (κ1) is 13.3. The van der Waals surface area contributed by atoms with Crippen molar-refractivity contribution in [2.75, 3.05) is 18.5 Å². The predicted octanol–water partition coefficient (Wildman–Crippen LogP) is 0.788. The van der Waals surface area contributed by atoms with Gasteiger partial charge in [-0.3, -0.25) is 10.8 Å². The summed E-state index contributed by atoms with van der Waals surface area (Å²) >= 11 is 0. The Hall–Kier alpha value is -1.18. The van der Waals surface area contributed by atoms with E-state index in [1.54, 1.807) is 6.07 Å². The molecule has 1 aliphatic heterocycles. The van der Waals surface area contributed by atoms with E-state index >= 15 is 0 Å². The second-order valence-corrected chi connectivity index (χ2v) is 6.51. The second-order valence-electron chi connectivity index (χ2n) is 4.60. The molecule has 0 spiro atoms. The molecule has 0 aromatic carbocycles. The molecule has 0 amide bonds. The van der Waals surface area contributed by atoms with Crippen molar-refractivity contribution in [2.45, 2.75) is 24.7 Å². The highest BCUT2D eigenvalue weighted by Gasteiger charge is 2.29. The van der Waals surface area contributed by atoms with E-state index < -0.39 is 10.0 Å². The van der Waals surface area contributed by atoms with Crippen LogP contribution in [0.2, 0.25) is 0 Å². The zero-order chi connectivity index (χ0) is 13.2. The minimum Gasteiger partial charge on any atom is -0.323 e. The third kappa shape index (κ3) is 2.47. The molecule has 1 aromatic rings. The van der Waals surface area contributed by atoms with Crippen LogP contribution in [0.4, 0.5) is 5.69 Å². The van der Waals surface area contributed by atoms with Crippen molar-refractivity contribution >= 4 is 15.7 Å². The van der Waals surface area contributed by atoms with E-state index in [2.05, 4.69) is 17.3 Å². The van der Waals surface area contributed by atoms with E-state index in [9.17, 15) is 8.42 Å². The number of piperidine rings is 1. The van der Waals surface area contributed by atoms with Gasteiger partial charge in [-0.25, -0.2) is 8.42 Å². The number of sulfonamides is 1. The Balaban J connectivity index is 2.30. The number of hydrogen-bond donors (Lipinski definition) is 2. The molecule has 2 heterocycles. The lowest BCUT2D eigenvalue weighted by molar-refractivity contribution is 0.288. The van der Waals surface area contributed by atoms with Gasteiger partial charge >= 0.3 is 0 Å². The normalized spacial score (nSPS) is 18.8. The van der Waals surface area contributed by atoms with E-state index in [0.29, 0.717) is 24.7 Å². The number of hydrazine groups is 1. The third-order valence-corrected chi connectivity index (χ3v) is 5.23. The molecule has 100 valence electrons. The summed E-state index contributed by atoms with van der Waals surface area (Å²) < 4.78 is 26.4. The first-order chi connectivity index (χ1) is 8.55. The summed E-state index contributed by atoms with van der Waals surface area (Å²) in [5, 5.41) is 0. The van der Waals surface area contributed by atoms with Crippen LogP contribution in [0, 0.1) is 5.92 Å². The number of aromatic nitrogens is 1. The minimum atomic E-state index is -3.50. The van der Waals surface area contributed by atoms with E-state index in [1.807, 2.05) is 0 Å². The van der Waals surface area contributed by atoms with Gasteiger partial charge in [0.15, 0.2) is 0 Å². The van der Waals surface area contributed by atoms with Crippen molar-refractivity contribution in [3.63, 3.8) is 0 Å². The number of nitrogens with two attached hydrogens (primary N) is 1. The molecular formula is C11H18N4O2S. The summed E-state index contributed by atoms with van der Waals surface area (Å²) in [6.07, 6.45) is 4.63. The lowest BCUT2D eigenvalue weighted by atomic mass is 10.0. The zero-order valence-corrected chi connectivity index (χ0v) is 11.2. The Morgan fingerprint density at radius 2 is 2.11 bits per heavy atom. The van der Waals surface area contributed by atoms with E-state index in [1.165, 1.54) is 16.7 Å². The molecule has 0 aliphatic carbocycles. The Morgan fingerprint density at radius 3 is 2.72 bits per heavy atom. The molecule has 0 radical (unpaired) electrons. The van der Waals surface area contributed by atoms with Crippen molar-refractivity contribution in [3.8, 4) is 0 Å². The van der Waals surface area contributed by atoms with E-state index in [0.717, 1.165) is 12.8 Å². The van der Waals surface area contributed by atoms with E-state index in [4.69, 9.17) is 5.84 Å². The summed E-state index contributed by atoms with van der Waals surface area (Å²) in [6, 6.07) is 1.56. The number of nitrogens with zero attached hydrogens (tertiary/aromatic N) is 2. The van der Waals surface area contributed by atoms with Crippen molar-refractivity contribution in [3.05, 3.63) is 18.5 Å². The molecule has 2 rings (SSSR count). The lowest BCUT2D eigenvalue weighted by Crippen LogP contribution is -2.38. The predicted molar refractivity (Wildman–Crippen MR) is 69.2 cm³/mol. The van der Waals surface area contributed by atoms with Gasteiger partial charge in [0.1, 0.15) is 4.90 Å². The van der Waals surface area contributed by atoms with Crippen molar-refractivity contribution in [2.24, 2.45) is 11.8 Å². The number of pyridine rings is 1. The van der Waals surface area contributed by atoms with Gasteiger partial charge in [0, 0.05) is 25.5 Å². The Kier molecular flexibility index (Phi) is 3.84. The van der Waals surface area contributed by atoms with Gasteiger partial charge in [0.25, 0.3) is 0 Å². The summed E-state index contributed by atoms with van der Waals surface area (Å²) in [7, 11) is -3.50. The largest absolute Gasteiger partial charge is 0.323 e. The monoisotopic (exact) mass is 270 g/mol. The Bertz CT molecular complexity index is 510. The standard InChI is InChI=1S/C11H18N4O2S/c1-9-3-6-15(7-4-9)18(16,17)11-8-13-5-2-10(11)14-12/h2,5,8-9H,3-4,6-7,12H2,1H3,(H,13,14). The fourth-order valence-corrected chi connectivity index (χ4v) is 3.64. The minimum absolute atomic E-state index is 0.141. The maximum absolute atomic E-state index is 12.5. The van der Waals surface area contributed by atoms with Crippen LogP contribution >= 0.6 is 0 Å². The Morgan fingerprint density at radius 1 is 1.44 bits per heavy atom. The van der Waals surface area contributed by atoms with Crippen LogP contribution in [0.25, 0.3) is 0 Å². The molecule has 18 heavy (non-hydrogen) atoms. The molecule has 0 saturated carbocycles. The first-order valence-electron chi connectivity index (χ1n) is 5.96. The first-order valence-corrected chi connectivity index (χ1v) is 7.40. The van der Waals surface area contributed by atoms with Crippen molar-refractivity contribution < 1.29 is 8.42 Å². The third-order valence-electron chi connectivity index (χ3n) is 3.30. The fourth-order valence-electron chi connectivity index (χ4n) is 2.07. The number of nitrogen functional groups attached to an aromatic ring is 1. The Labute approximate surface area is 107 Å². The second kappa shape index (κ2) is 5.21. The molecule has 0 unspecified atom stereocenters. The van der Waals surface area contributed by atoms with E-state index in [-0.39, 0.29) is 4.90 Å². The summed E-state index contributed by atoms with van der Waals surface area (Å²) in [6.45, 7) is 3.26. The highest BCUT2D eigenvalue weighted by molar-refractivity contribution is 7.89. The van der Waals surface area contributed by atoms with Crippen molar-refractivity contribution in [1.29, 1.82) is 0 Å². The topological polar surface area (TPSA) is 88.3 Å². The van der Waals surface area contributed by atoms with Crippen LogP contribution in [-0.4, -0.2) is 30.8 Å². The molecule has 1 saturated heterocycles. The molecule has 0 bridgehead atoms. The molecular weight excluding hydrogens is 252 g/mol. The lowest BCUT2D eigenvalue weighted by Gasteiger charge is -2.29. The van der Waals surface area contributed by atoms with Gasteiger partial charge in [-0.15, -0.1) is 0 Å². The van der Waals surface area contributed by atoms with Gasteiger partial charge in [-0.05, 0) is 24.8 Å². The number of anilines is 1. The molecule has 1 aromatic heterocycles. The molecule has 1 aliphatic rings. The number of hydrogen-bond acceptors (Lipinski definition) is 5. The van der Waals surface area contributed by atoms with Gasteiger partial charge in [0.2, 0.25) is 10.0 Å². The van der Waals surface area contributed by atoms with Crippen LogP contribution < -0.4 is 11.3 Å². The molecule has 7 heteroatoms. The van der Waals surface area contributed by atoms with Crippen LogP contribution in [0.3, 0.4) is 0 Å². The fraction of sp³-hybridized carbons (Fsp3) is 0.545. The molecule has 6 nitrogen and oxygen atoms in total. The maximum atomic E-state index is 12.5. The highest BCUT2D eigenvalue weighted by Crippen LogP contribution is 2.26. The number of nitrogens with one attached hydrogen (secondary N) is 1. The van der Waals surface area contributed by atoms with Crippen molar-refractivity contribution in [1.82, 2.24) is 9.29 Å².